The van der Waals surface area contributed by atoms with Crippen molar-refractivity contribution in [1.82, 2.24) is 14.6 Å². The quantitative estimate of drug-likeness (QED) is 0.456. The summed E-state index contributed by atoms with van der Waals surface area (Å²) in [6.07, 6.45) is 0. The predicted octanol–water partition coefficient (Wildman–Crippen LogP) is 4.09. The summed E-state index contributed by atoms with van der Waals surface area (Å²) < 4.78 is 1.96. The molecule has 9 heteroatoms. The van der Waals surface area contributed by atoms with Crippen LogP contribution in [0.2, 0.25) is 0 Å². The first-order valence-corrected chi connectivity index (χ1v) is 11.1. The average molecular weight is 440 g/mol. The fourth-order valence-corrected chi connectivity index (χ4v) is 5.32. The summed E-state index contributed by atoms with van der Waals surface area (Å²) in [6, 6.07) is 10.0. The molecule has 0 saturated carbocycles. The second-order valence-electron chi connectivity index (χ2n) is 7.12. The summed E-state index contributed by atoms with van der Waals surface area (Å²) in [5.74, 6) is -0.769. The molecule has 0 fully saturated rings. The number of benzene rings is 1. The van der Waals surface area contributed by atoms with Crippen LogP contribution < -0.4 is 11.1 Å². The number of rotatable bonds is 5. The highest BCUT2D eigenvalue weighted by molar-refractivity contribution is 8.00. The number of nitrogens with one attached hydrogen (secondary N) is 1. The van der Waals surface area contributed by atoms with Crippen molar-refractivity contribution in [3.05, 3.63) is 51.9 Å². The molecule has 0 aliphatic heterocycles. The molecule has 3 heterocycles. The van der Waals surface area contributed by atoms with Gasteiger partial charge in [0.15, 0.2) is 10.8 Å². The standard InChI is InChI=1S/C21H21N5O2S2/c1-10-9-16-24-25-21(26(16)15-8-6-5-7-14(10)15)30-13(4)19(28)23-20-17(18(22)27)11(2)12(3)29-20/h5-9,13H,1-4H3,(H2,22,27)(H,23,28). The van der Waals surface area contributed by atoms with Crippen LogP contribution in [0.3, 0.4) is 0 Å². The molecule has 0 aliphatic carbocycles. The molecular formula is C21H21N5O2S2. The van der Waals surface area contributed by atoms with Crippen molar-refractivity contribution in [1.29, 1.82) is 0 Å². The maximum atomic E-state index is 12.9. The number of thioether (sulfide) groups is 1. The highest BCUT2D eigenvalue weighted by Crippen LogP contribution is 2.33. The number of pyridine rings is 1. The number of aryl methyl sites for hydroxylation is 2. The number of carbonyl (C=O) groups is 2. The zero-order valence-corrected chi connectivity index (χ0v) is 18.6. The van der Waals surface area contributed by atoms with Crippen molar-refractivity contribution in [3.8, 4) is 0 Å². The van der Waals surface area contributed by atoms with E-state index in [1.54, 1.807) is 6.92 Å². The molecule has 154 valence electrons. The van der Waals surface area contributed by atoms with E-state index < -0.39 is 11.2 Å². The molecule has 4 rings (SSSR count). The lowest BCUT2D eigenvalue weighted by molar-refractivity contribution is -0.115. The average Bonchev–Trinajstić information content (AvgIpc) is 3.22. The zero-order chi connectivity index (χ0) is 21.6. The van der Waals surface area contributed by atoms with Crippen molar-refractivity contribution >= 4 is 56.5 Å². The third kappa shape index (κ3) is 3.44. The highest BCUT2D eigenvalue weighted by atomic mass is 32.2. The number of hydrogen-bond acceptors (Lipinski definition) is 6. The van der Waals surface area contributed by atoms with Crippen molar-refractivity contribution in [3.63, 3.8) is 0 Å². The third-order valence-corrected chi connectivity index (χ3v) is 7.26. The van der Waals surface area contributed by atoms with Gasteiger partial charge in [-0.2, -0.15) is 0 Å². The normalized spacial score (nSPS) is 12.4. The van der Waals surface area contributed by atoms with Crippen LogP contribution >= 0.6 is 23.1 Å². The largest absolute Gasteiger partial charge is 0.365 e. The van der Waals surface area contributed by atoms with Crippen LogP contribution in [-0.4, -0.2) is 31.7 Å². The van der Waals surface area contributed by atoms with Crippen molar-refractivity contribution in [2.24, 2.45) is 5.73 Å². The smallest absolute Gasteiger partial charge is 0.251 e. The summed E-state index contributed by atoms with van der Waals surface area (Å²) in [5.41, 5.74) is 9.53. The van der Waals surface area contributed by atoms with E-state index in [-0.39, 0.29) is 5.91 Å². The third-order valence-electron chi connectivity index (χ3n) is 5.09. The number of anilines is 1. The van der Waals surface area contributed by atoms with Gasteiger partial charge in [-0.15, -0.1) is 21.5 Å². The van der Waals surface area contributed by atoms with E-state index in [0.29, 0.717) is 15.7 Å². The second kappa shape index (κ2) is 7.73. The fraction of sp³-hybridized carbons (Fsp3) is 0.238. The van der Waals surface area contributed by atoms with Gasteiger partial charge >= 0.3 is 0 Å². The molecular weight excluding hydrogens is 418 g/mol. The topological polar surface area (TPSA) is 102 Å². The van der Waals surface area contributed by atoms with Gasteiger partial charge in [-0.25, -0.2) is 0 Å². The van der Waals surface area contributed by atoms with E-state index in [9.17, 15) is 9.59 Å². The minimum atomic E-state index is -0.544. The molecule has 0 bridgehead atoms. The summed E-state index contributed by atoms with van der Waals surface area (Å²) >= 11 is 2.67. The lowest BCUT2D eigenvalue weighted by Crippen LogP contribution is -2.24. The van der Waals surface area contributed by atoms with E-state index in [4.69, 9.17) is 5.73 Å². The first kappa shape index (κ1) is 20.4. The van der Waals surface area contributed by atoms with Crippen LogP contribution in [0.4, 0.5) is 5.00 Å². The Morgan fingerprint density at radius 1 is 1.20 bits per heavy atom. The number of fused-ring (bicyclic) bond motifs is 3. The van der Waals surface area contributed by atoms with Gasteiger partial charge in [0.25, 0.3) is 5.91 Å². The summed E-state index contributed by atoms with van der Waals surface area (Å²) in [5, 5.41) is 13.2. The van der Waals surface area contributed by atoms with Crippen molar-refractivity contribution < 1.29 is 9.59 Å². The molecule has 0 spiro atoms. The second-order valence-corrected chi connectivity index (χ2v) is 9.65. The number of para-hydroxylation sites is 1. The Hall–Kier alpha value is -2.91. The molecule has 2 amide bonds. The zero-order valence-electron chi connectivity index (χ0n) is 17.0. The molecule has 1 unspecified atom stereocenters. The SMILES string of the molecule is Cc1sc(NC(=O)C(C)Sc2nnc3cc(C)c4ccccc4n23)c(C(N)=O)c1C. The van der Waals surface area contributed by atoms with Gasteiger partial charge in [-0.1, -0.05) is 30.0 Å². The number of hydrogen-bond donors (Lipinski definition) is 2. The molecule has 0 saturated heterocycles. The van der Waals surface area contributed by atoms with Crippen LogP contribution in [0.15, 0.2) is 35.5 Å². The number of nitrogens with two attached hydrogens (primary N) is 1. The summed E-state index contributed by atoms with van der Waals surface area (Å²) in [6.45, 7) is 7.57. The van der Waals surface area contributed by atoms with E-state index in [1.165, 1.54) is 23.1 Å². The van der Waals surface area contributed by atoms with Gasteiger partial charge in [-0.05, 0) is 51.0 Å². The van der Waals surface area contributed by atoms with Gasteiger partial charge in [0, 0.05) is 10.3 Å². The van der Waals surface area contributed by atoms with E-state index >= 15 is 0 Å². The first-order chi connectivity index (χ1) is 14.3. The highest BCUT2D eigenvalue weighted by Gasteiger charge is 2.23. The van der Waals surface area contributed by atoms with Gasteiger partial charge in [-0.3, -0.25) is 14.0 Å². The number of carbonyl (C=O) groups excluding carboxylic acids is 2. The molecule has 0 radical (unpaired) electrons. The van der Waals surface area contributed by atoms with Crippen molar-refractivity contribution in [2.45, 2.75) is 38.1 Å². The molecule has 3 N–H and O–H groups in total. The maximum absolute atomic E-state index is 12.9. The van der Waals surface area contributed by atoms with Gasteiger partial charge in [0.1, 0.15) is 5.00 Å². The Labute approximate surface area is 181 Å². The van der Waals surface area contributed by atoms with E-state index in [1.807, 2.05) is 49.4 Å². The van der Waals surface area contributed by atoms with Crippen LogP contribution in [0.1, 0.15) is 33.3 Å². The molecule has 1 atom stereocenters. The predicted molar refractivity (Wildman–Crippen MR) is 121 cm³/mol. The van der Waals surface area contributed by atoms with Crippen LogP contribution in [0, 0.1) is 20.8 Å². The number of aromatic nitrogens is 3. The molecule has 4 aromatic rings. The Morgan fingerprint density at radius 3 is 2.67 bits per heavy atom. The Balaban J connectivity index is 1.63. The van der Waals surface area contributed by atoms with Crippen molar-refractivity contribution in [2.75, 3.05) is 5.32 Å². The number of nitrogens with zero attached hydrogens (tertiary/aromatic N) is 3. The monoisotopic (exact) mass is 439 g/mol. The minimum absolute atomic E-state index is 0.225. The fourth-order valence-electron chi connectivity index (χ4n) is 3.39. The Morgan fingerprint density at radius 2 is 1.93 bits per heavy atom. The lowest BCUT2D eigenvalue weighted by atomic mass is 10.1. The van der Waals surface area contributed by atoms with Gasteiger partial charge in [0.05, 0.1) is 16.3 Å². The van der Waals surface area contributed by atoms with Crippen LogP contribution in [-0.2, 0) is 4.79 Å². The molecule has 1 aromatic carbocycles. The molecule has 0 aliphatic rings. The van der Waals surface area contributed by atoms with Crippen LogP contribution in [0.5, 0.6) is 0 Å². The Bertz CT molecular complexity index is 1310. The Kier molecular flexibility index (Phi) is 5.25. The van der Waals surface area contributed by atoms with E-state index in [2.05, 4.69) is 21.6 Å². The lowest BCUT2D eigenvalue weighted by Gasteiger charge is -2.12. The molecule has 7 nitrogen and oxygen atoms in total. The minimum Gasteiger partial charge on any atom is -0.365 e. The molecule has 3 aromatic heterocycles. The molecule has 30 heavy (non-hydrogen) atoms. The van der Waals surface area contributed by atoms with Gasteiger partial charge < -0.3 is 11.1 Å². The summed E-state index contributed by atoms with van der Waals surface area (Å²) in [4.78, 5) is 25.6. The summed E-state index contributed by atoms with van der Waals surface area (Å²) in [7, 11) is 0. The van der Waals surface area contributed by atoms with Gasteiger partial charge in [0.2, 0.25) is 5.91 Å². The maximum Gasteiger partial charge on any atom is 0.251 e. The number of primary amides is 1. The first-order valence-electron chi connectivity index (χ1n) is 9.38. The van der Waals surface area contributed by atoms with Crippen LogP contribution in [0.25, 0.3) is 16.6 Å². The number of thiophene rings is 1. The van der Waals surface area contributed by atoms with E-state index in [0.717, 1.165) is 32.6 Å². The number of amides is 2.